The maximum absolute atomic E-state index is 12.4. The van der Waals surface area contributed by atoms with Crippen LogP contribution >= 0.6 is 0 Å². The summed E-state index contributed by atoms with van der Waals surface area (Å²) in [5.41, 5.74) is 1.11. The van der Waals surface area contributed by atoms with Gasteiger partial charge in [-0.2, -0.15) is 5.10 Å². The summed E-state index contributed by atoms with van der Waals surface area (Å²) in [6.45, 7) is 1.91. The molecule has 1 aromatic heterocycles. The number of para-hydroxylation sites is 2. The summed E-state index contributed by atoms with van der Waals surface area (Å²) in [5.74, 6) is 1.83. The molecule has 0 aliphatic carbocycles. The van der Waals surface area contributed by atoms with Crippen molar-refractivity contribution in [1.82, 2.24) is 15.1 Å². The second-order valence-corrected chi connectivity index (χ2v) is 5.94. The van der Waals surface area contributed by atoms with Crippen molar-refractivity contribution in [3.8, 4) is 11.5 Å². The van der Waals surface area contributed by atoms with Crippen LogP contribution in [0.25, 0.3) is 0 Å². The van der Waals surface area contributed by atoms with Gasteiger partial charge in [0.2, 0.25) is 5.91 Å². The summed E-state index contributed by atoms with van der Waals surface area (Å²) in [7, 11) is 1.61. The van der Waals surface area contributed by atoms with Crippen LogP contribution in [0.1, 0.15) is 30.9 Å². The molecule has 0 unspecified atom stereocenters. The molecule has 2 heterocycles. The van der Waals surface area contributed by atoms with Crippen LogP contribution in [0.3, 0.4) is 0 Å². The van der Waals surface area contributed by atoms with Crippen molar-refractivity contribution in [2.45, 2.75) is 25.2 Å². The van der Waals surface area contributed by atoms with Crippen LogP contribution in [0.15, 0.2) is 36.5 Å². The number of amides is 1. The van der Waals surface area contributed by atoms with Gasteiger partial charge in [-0.3, -0.25) is 9.89 Å². The minimum atomic E-state index is 0.133. The summed E-state index contributed by atoms with van der Waals surface area (Å²) in [5, 5.41) is 7.02. The lowest BCUT2D eigenvalue weighted by Gasteiger charge is -2.32. The van der Waals surface area contributed by atoms with Crippen LogP contribution in [-0.2, 0) is 4.79 Å². The quantitative estimate of drug-likeness (QED) is 0.884. The molecular formula is C18H23N3O3. The van der Waals surface area contributed by atoms with E-state index in [0.717, 1.165) is 31.6 Å². The van der Waals surface area contributed by atoms with Crippen LogP contribution in [0, 0.1) is 0 Å². The Morgan fingerprint density at radius 1 is 1.33 bits per heavy atom. The number of likely N-dealkylation sites (tertiary alicyclic amines) is 1. The molecule has 0 radical (unpaired) electrons. The third-order valence-corrected chi connectivity index (χ3v) is 4.38. The summed E-state index contributed by atoms with van der Waals surface area (Å²) >= 11 is 0. The molecule has 3 rings (SSSR count). The monoisotopic (exact) mass is 329 g/mol. The van der Waals surface area contributed by atoms with E-state index in [-0.39, 0.29) is 5.91 Å². The zero-order valence-electron chi connectivity index (χ0n) is 13.9. The number of ether oxygens (including phenoxy) is 2. The van der Waals surface area contributed by atoms with Crippen LogP contribution in [-0.4, -0.2) is 47.8 Å². The normalized spacial score (nSPS) is 17.5. The molecule has 2 aromatic rings. The number of hydrogen-bond acceptors (Lipinski definition) is 4. The second-order valence-electron chi connectivity index (χ2n) is 5.94. The summed E-state index contributed by atoms with van der Waals surface area (Å²) in [6, 6.07) is 9.46. The highest BCUT2D eigenvalue weighted by Crippen LogP contribution is 2.27. The number of benzene rings is 1. The van der Waals surface area contributed by atoms with Gasteiger partial charge < -0.3 is 14.4 Å². The van der Waals surface area contributed by atoms with Gasteiger partial charge in [-0.15, -0.1) is 0 Å². The van der Waals surface area contributed by atoms with Crippen molar-refractivity contribution in [2.75, 3.05) is 26.8 Å². The van der Waals surface area contributed by atoms with Crippen molar-refractivity contribution >= 4 is 5.91 Å². The third-order valence-electron chi connectivity index (χ3n) is 4.38. The number of nitrogens with one attached hydrogen (secondary N) is 1. The number of carbonyl (C=O) groups is 1. The number of aromatic amines is 1. The smallest absolute Gasteiger partial charge is 0.226 e. The number of methoxy groups -OCH3 is 1. The second kappa shape index (κ2) is 7.86. The number of rotatable bonds is 6. The minimum Gasteiger partial charge on any atom is -0.493 e. The fraction of sp³-hybridized carbons (Fsp3) is 0.444. The highest BCUT2D eigenvalue weighted by atomic mass is 16.5. The van der Waals surface area contributed by atoms with E-state index in [1.54, 1.807) is 13.3 Å². The molecule has 24 heavy (non-hydrogen) atoms. The van der Waals surface area contributed by atoms with Crippen LogP contribution < -0.4 is 9.47 Å². The zero-order valence-corrected chi connectivity index (χ0v) is 13.9. The first kappa shape index (κ1) is 16.4. The van der Waals surface area contributed by atoms with Gasteiger partial charge in [0, 0.05) is 30.9 Å². The van der Waals surface area contributed by atoms with Crippen LogP contribution in [0.5, 0.6) is 11.5 Å². The molecule has 128 valence electrons. The molecule has 0 spiro atoms. The van der Waals surface area contributed by atoms with Gasteiger partial charge in [-0.05, 0) is 31.0 Å². The lowest BCUT2D eigenvalue weighted by molar-refractivity contribution is -0.132. The Morgan fingerprint density at radius 3 is 2.92 bits per heavy atom. The number of H-pyrrole nitrogens is 1. The number of piperidine rings is 1. The molecule has 1 aromatic carbocycles. The summed E-state index contributed by atoms with van der Waals surface area (Å²) in [6.07, 6.45) is 4.23. The maximum atomic E-state index is 12.4. The van der Waals surface area contributed by atoms with Crippen molar-refractivity contribution in [1.29, 1.82) is 0 Å². The number of nitrogens with zero attached hydrogens (tertiary/aromatic N) is 2. The highest BCUT2D eigenvalue weighted by molar-refractivity contribution is 5.76. The van der Waals surface area contributed by atoms with E-state index in [1.807, 2.05) is 35.2 Å². The molecular weight excluding hydrogens is 306 g/mol. The fourth-order valence-corrected chi connectivity index (χ4v) is 3.10. The molecule has 0 bridgehead atoms. The number of hydrogen-bond donors (Lipinski definition) is 1. The first-order valence-corrected chi connectivity index (χ1v) is 8.31. The Hall–Kier alpha value is -2.50. The largest absolute Gasteiger partial charge is 0.493 e. The first-order chi connectivity index (χ1) is 11.8. The standard InChI is InChI=1S/C18H23N3O3/c1-23-16-6-2-3-7-17(16)24-12-9-18(22)21-11-4-5-14(13-21)15-8-10-19-20-15/h2-3,6-8,10,14H,4-5,9,11-13H2,1H3,(H,19,20)/t14-/m0/s1. The minimum absolute atomic E-state index is 0.133. The predicted octanol–water partition coefficient (Wildman–Crippen LogP) is 2.59. The Morgan fingerprint density at radius 2 is 2.17 bits per heavy atom. The molecule has 1 saturated heterocycles. The van der Waals surface area contributed by atoms with Gasteiger partial charge >= 0.3 is 0 Å². The van der Waals surface area contributed by atoms with Gasteiger partial charge in [-0.1, -0.05) is 12.1 Å². The molecule has 1 aliphatic rings. The van der Waals surface area contributed by atoms with Crippen LogP contribution in [0.4, 0.5) is 0 Å². The van der Waals surface area contributed by atoms with E-state index >= 15 is 0 Å². The molecule has 0 saturated carbocycles. The van der Waals surface area contributed by atoms with E-state index in [0.29, 0.717) is 30.4 Å². The van der Waals surface area contributed by atoms with E-state index in [9.17, 15) is 4.79 Å². The first-order valence-electron chi connectivity index (χ1n) is 8.31. The van der Waals surface area contributed by atoms with E-state index in [4.69, 9.17) is 9.47 Å². The number of aromatic nitrogens is 2. The Kier molecular flexibility index (Phi) is 5.36. The average Bonchev–Trinajstić information content (AvgIpc) is 3.17. The fourth-order valence-electron chi connectivity index (χ4n) is 3.10. The SMILES string of the molecule is COc1ccccc1OCCC(=O)N1CCC[C@H](c2ccn[nH]2)C1. The zero-order chi connectivity index (χ0) is 16.8. The molecule has 6 nitrogen and oxygen atoms in total. The molecule has 1 N–H and O–H groups in total. The lowest BCUT2D eigenvalue weighted by Crippen LogP contribution is -2.39. The Bertz CT molecular complexity index is 657. The van der Waals surface area contributed by atoms with Crippen molar-refractivity contribution in [3.05, 3.63) is 42.2 Å². The van der Waals surface area contributed by atoms with Crippen molar-refractivity contribution in [3.63, 3.8) is 0 Å². The molecule has 1 atom stereocenters. The highest BCUT2D eigenvalue weighted by Gasteiger charge is 2.25. The van der Waals surface area contributed by atoms with Gasteiger partial charge in [0.15, 0.2) is 11.5 Å². The average molecular weight is 329 g/mol. The summed E-state index contributed by atoms with van der Waals surface area (Å²) in [4.78, 5) is 14.4. The molecule has 1 fully saturated rings. The third kappa shape index (κ3) is 3.88. The maximum Gasteiger partial charge on any atom is 0.226 e. The van der Waals surface area contributed by atoms with Gasteiger partial charge in [0.05, 0.1) is 20.1 Å². The van der Waals surface area contributed by atoms with Crippen molar-refractivity contribution in [2.24, 2.45) is 0 Å². The van der Waals surface area contributed by atoms with E-state index in [2.05, 4.69) is 10.2 Å². The molecule has 6 heteroatoms. The summed E-state index contributed by atoms with van der Waals surface area (Å²) < 4.78 is 10.9. The van der Waals surface area contributed by atoms with Crippen molar-refractivity contribution < 1.29 is 14.3 Å². The van der Waals surface area contributed by atoms with Crippen LogP contribution in [0.2, 0.25) is 0 Å². The number of carbonyl (C=O) groups excluding carboxylic acids is 1. The van der Waals surface area contributed by atoms with E-state index in [1.165, 1.54) is 0 Å². The predicted molar refractivity (Wildman–Crippen MR) is 90.2 cm³/mol. The lowest BCUT2D eigenvalue weighted by atomic mass is 9.95. The Balaban J connectivity index is 1.50. The van der Waals surface area contributed by atoms with E-state index < -0.39 is 0 Å². The Labute approximate surface area is 141 Å². The topological polar surface area (TPSA) is 67.5 Å². The molecule has 1 aliphatic heterocycles. The van der Waals surface area contributed by atoms with Gasteiger partial charge in [-0.25, -0.2) is 0 Å². The van der Waals surface area contributed by atoms with Gasteiger partial charge in [0.25, 0.3) is 0 Å². The molecule has 1 amide bonds. The van der Waals surface area contributed by atoms with Gasteiger partial charge in [0.1, 0.15) is 0 Å².